The molecule has 7 heteroatoms. The molecule has 1 fully saturated rings. The van der Waals surface area contributed by atoms with E-state index in [2.05, 4.69) is 44.7 Å². The van der Waals surface area contributed by atoms with E-state index in [9.17, 15) is 0 Å². The lowest BCUT2D eigenvalue weighted by atomic mass is 10.4. The van der Waals surface area contributed by atoms with Crippen LogP contribution in [0.15, 0.2) is 29.1 Å². The fraction of sp³-hybridized carbons (Fsp3) is 0.412. The van der Waals surface area contributed by atoms with Crippen molar-refractivity contribution in [3.63, 3.8) is 0 Å². The quantitative estimate of drug-likeness (QED) is 0.631. The van der Waals surface area contributed by atoms with Gasteiger partial charge in [0.25, 0.3) is 0 Å². The zero-order valence-corrected chi connectivity index (χ0v) is 16.1. The van der Waals surface area contributed by atoms with E-state index in [0.29, 0.717) is 0 Å². The van der Waals surface area contributed by atoms with Crippen molar-refractivity contribution in [2.24, 2.45) is 0 Å². The summed E-state index contributed by atoms with van der Waals surface area (Å²) in [5.74, 6) is 0. The molecule has 1 aliphatic heterocycles. The van der Waals surface area contributed by atoms with E-state index >= 15 is 0 Å². The zero-order valence-electron chi connectivity index (χ0n) is 13.6. The Bertz CT molecular complexity index is 771. The molecule has 126 valence electrons. The Labute approximate surface area is 154 Å². The second-order valence-corrected chi connectivity index (χ2v) is 9.00. The van der Waals surface area contributed by atoms with Gasteiger partial charge in [-0.2, -0.15) is 0 Å². The molecule has 0 aliphatic carbocycles. The summed E-state index contributed by atoms with van der Waals surface area (Å²) in [4.78, 5) is 16.7. The molecule has 3 aromatic rings. The Balaban J connectivity index is 1.35. The Morgan fingerprint density at radius 2 is 2.08 bits per heavy atom. The van der Waals surface area contributed by atoms with E-state index < -0.39 is 0 Å². The summed E-state index contributed by atoms with van der Waals surface area (Å²) < 4.78 is 0. The van der Waals surface area contributed by atoms with Crippen LogP contribution in [0.3, 0.4) is 0 Å². The first-order valence-electron chi connectivity index (χ1n) is 8.14. The molecule has 4 rings (SSSR count). The highest BCUT2D eigenvalue weighted by Crippen LogP contribution is 2.29. The maximum atomic E-state index is 4.77. The Morgan fingerprint density at radius 3 is 2.88 bits per heavy atom. The van der Waals surface area contributed by atoms with Crippen LogP contribution < -0.4 is 4.90 Å². The van der Waals surface area contributed by atoms with E-state index in [1.807, 2.05) is 17.5 Å². The summed E-state index contributed by atoms with van der Waals surface area (Å²) in [6.45, 7) is 4.12. The number of nitrogens with zero attached hydrogens (tertiary/aromatic N) is 4. The average Bonchev–Trinajstić information content (AvgIpc) is 3.35. The van der Waals surface area contributed by atoms with E-state index in [1.165, 1.54) is 27.7 Å². The number of aromatic nitrogens is 2. The van der Waals surface area contributed by atoms with Crippen LogP contribution in [0.5, 0.6) is 0 Å². The number of rotatable bonds is 6. The van der Waals surface area contributed by atoms with Gasteiger partial charge in [-0.25, -0.2) is 9.97 Å². The fourth-order valence-corrected chi connectivity index (χ4v) is 5.58. The van der Waals surface area contributed by atoms with Gasteiger partial charge in [0, 0.05) is 42.6 Å². The third-order valence-electron chi connectivity index (χ3n) is 4.06. The van der Waals surface area contributed by atoms with Crippen molar-refractivity contribution >= 4 is 39.1 Å². The smallest absolute Gasteiger partial charge is 0.185 e. The minimum Gasteiger partial charge on any atom is -0.348 e. The first-order chi connectivity index (χ1) is 11.8. The standard InChI is InChI=1S/C17H20N4S3/c1-20(10-13-12-23-16(19-13)15-5-4-8-22-15)11-14-9-18-17(24-14)21-6-2-3-7-21/h4-5,8-9,12H,2-3,6-7,10-11H2,1H3. The summed E-state index contributed by atoms with van der Waals surface area (Å²) in [7, 11) is 2.15. The van der Waals surface area contributed by atoms with Gasteiger partial charge >= 0.3 is 0 Å². The first-order valence-corrected chi connectivity index (χ1v) is 10.7. The minimum atomic E-state index is 0.874. The lowest BCUT2D eigenvalue weighted by molar-refractivity contribution is 0.318. The molecule has 0 amide bonds. The van der Waals surface area contributed by atoms with Gasteiger partial charge in [0.05, 0.1) is 10.6 Å². The average molecular weight is 377 g/mol. The van der Waals surface area contributed by atoms with E-state index in [4.69, 9.17) is 4.98 Å². The molecule has 0 radical (unpaired) electrons. The van der Waals surface area contributed by atoms with Crippen LogP contribution in [-0.2, 0) is 13.1 Å². The third-order valence-corrected chi connectivity index (χ3v) is 7.03. The second kappa shape index (κ2) is 7.31. The van der Waals surface area contributed by atoms with Crippen molar-refractivity contribution in [2.75, 3.05) is 25.0 Å². The monoisotopic (exact) mass is 376 g/mol. The SMILES string of the molecule is CN(Cc1csc(-c2cccs2)n1)Cc1cnc(N2CCCC2)s1. The first kappa shape index (κ1) is 16.2. The number of hydrogen-bond donors (Lipinski definition) is 0. The van der Waals surface area contributed by atoms with Crippen LogP contribution in [0.1, 0.15) is 23.4 Å². The predicted octanol–water partition coefficient (Wildman–Crippen LogP) is 4.56. The Hall–Kier alpha value is -1.28. The molecular formula is C17H20N4S3. The molecule has 1 saturated heterocycles. The molecule has 0 saturated carbocycles. The van der Waals surface area contributed by atoms with Gasteiger partial charge in [-0.3, -0.25) is 4.90 Å². The molecule has 3 aromatic heterocycles. The number of anilines is 1. The number of thiophene rings is 1. The molecule has 4 heterocycles. The molecule has 4 nitrogen and oxygen atoms in total. The predicted molar refractivity (Wildman–Crippen MR) is 104 cm³/mol. The summed E-state index contributed by atoms with van der Waals surface area (Å²) in [5, 5.41) is 6.59. The van der Waals surface area contributed by atoms with E-state index in [-0.39, 0.29) is 0 Å². The van der Waals surface area contributed by atoms with Gasteiger partial charge in [-0.1, -0.05) is 6.07 Å². The summed E-state index contributed by atoms with van der Waals surface area (Å²) in [6, 6.07) is 4.21. The topological polar surface area (TPSA) is 32.3 Å². The van der Waals surface area contributed by atoms with Gasteiger partial charge in [-0.15, -0.1) is 34.0 Å². The highest BCUT2D eigenvalue weighted by atomic mass is 32.1. The van der Waals surface area contributed by atoms with Crippen LogP contribution in [-0.4, -0.2) is 35.0 Å². The number of thiazole rings is 2. The third kappa shape index (κ3) is 3.69. The molecule has 0 bridgehead atoms. The Morgan fingerprint density at radius 1 is 1.21 bits per heavy atom. The summed E-state index contributed by atoms with van der Waals surface area (Å²) >= 11 is 5.31. The van der Waals surface area contributed by atoms with E-state index in [1.54, 1.807) is 22.7 Å². The molecule has 1 aliphatic rings. The van der Waals surface area contributed by atoms with Gasteiger partial charge in [-0.05, 0) is 31.3 Å². The van der Waals surface area contributed by atoms with Crippen molar-refractivity contribution < 1.29 is 0 Å². The van der Waals surface area contributed by atoms with Crippen LogP contribution in [0.25, 0.3) is 9.88 Å². The van der Waals surface area contributed by atoms with Crippen LogP contribution >= 0.6 is 34.0 Å². The minimum absolute atomic E-state index is 0.874. The maximum Gasteiger partial charge on any atom is 0.185 e. The van der Waals surface area contributed by atoms with Gasteiger partial charge < -0.3 is 4.90 Å². The van der Waals surface area contributed by atoms with Crippen molar-refractivity contribution in [1.82, 2.24) is 14.9 Å². The summed E-state index contributed by atoms with van der Waals surface area (Å²) in [5.41, 5.74) is 1.15. The van der Waals surface area contributed by atoms with Crippen molar-refractivity contribution in [1.29, 1.82) is 0 Å². The highest BCUT2D eigenvalue weighted by Gasteiger charge is 2.16. The van der Waals surface area contributed by atoms with Crippen molar-refractivity contribution in [2.45, 2.75) is 25.9 Å². The van der Waals surface area contributed by atoms with Gasteiger partial charge in [0.15, 0.2) is 5.13 Å². The highest BCUT2D eigenvalue weighted by molar-refractivity contribution is 7.20. The molecular weight excluding hydrogens is 356 g/mol. The molecule has 0 spiro atoms. The van der Waals surface area contributed by atoms with Crippen molar-refractivity contribution in [3.05, 3.63) is 39.7 Å². The van der Waals surface area contributed by atoms with Crippen LogP contribution in [0.2, 0.25) is 0 Å². The Kier molecular flexibility index (Phi) is 4.93. The molecule has 0 unspecified atom stereocenters. The lowest BCUT2D eigenvalue weighted by Gasteiger charge is -2.14. The number of hydrogen-bond acceptors (Lipinski definition) is 7. The lowest BCUT2D eigenvalue weighted by Crippen LogP contribution is -2.17. The molecule has 0 N–H and O–H groups in total. The fourth-order valence-electron chi connectivity index (χ4n) is 2.92. The van der Waals surface area contributed by atoms with Gasteiger partial charge in [0.2, 0.25) is 0 Å². The van der Waals surface area contributed by atoms with Gasteiger partial charge in [0.1, 0.15) is 5.01 Å². The largest absolute Gasteiger partial charge is 0.348 e. The van der Waals surface area contributed by atoms with E-state index in [0.717, 1.165) is 36.9 Å². The maximum absolute atomic E-state index is 4.77. The molecule has 0 atom stereocenters. The normalized spacial score (nSPS) is 14.8. The van der Waals surface area contributed by atoms with Crippen LogP contribution in [0.4, 0.5) is 5.13 Å². The van der Waals surface area contributed by atoms with Crippen molar-refractivity contribution in [3.8, 4) is 9.88 Å². The second-order valence-electron chi connectivity index (χ2n) is 6.10. The van der Waals surface area contributed by atoms with Crippen LogP contribution in [0, 0.1) is 0 Å². The molecule has 24 heavy (non-hydrogen) atoms. The molecule has 0 aromatic carbocycles. The zero-order chi connectivity index (χ0) is 16.4. The summed E-state index contributed by atoms with van der Waals surface area (Å²) in [6.07, 6.45) is 4.63.